The third kappa shape index (κ3) is 5.31. The molecule has 2 aromatic rings. The first-order chi connectivity index (χ1) is 14.1. The van der Waals surface area contributed by atoms with E-state index in [0.29, 0.717) is 24.1 Å². The number of rotatable bonds is 5. The maximum absolute atomic E-state index is 12.8. The fourth-order valence-electron chi connectivity index (χ4n) is 3.33. The molecule has 1 N–H and O–H groups in total. The van der Waals surface area contributed by atoms with Crippen LogP contribution in [0.15, 0.2) is 53.4 Å². The summed E-state index contributed by atoms with van der Waals surface area (Å²) in [5.41, 5.74) is 1.000. The van der Waals surface area contributed by atoms with Gasteiger partial charge >= 0.3 is 6.36 Å². The highest BCUT2D eigenvalue weighted by atomic mass is 32.2. The number of hydrogen-bond acceptors (Lipinski definition) is 4. The van der Waals surface area contributed by atoms with E-state index in [1.165, 1.54) is 16.4 Å². The summed E-state index contributed by atoms with van der Waals surface area (Å²) in [6.07, 6.45) is -4.07. The SMILES string of the molecule is Cc1ccccc1S(=O)(=O)N1CCC(C(=O)Nc2ccc(OC(F)(F)F)cc2)CC1. The minimum absolute atomic E-state index is 0.215. The molecule has 0 atom stereocenters. The molecule has 1 aliphatic heterocycles. The first kappa shape index (κ1) is 22.1. The van der Waals surface area contributed by atoms with Crippen LogP contribution in [-0.2, 0) is 14.8 Å². The first-order valence-corrected chi connectivity index (χ1v) is 10.7. The van der Waals surface area contributed by atoms with Gasteiger partial charge in [0.25, 0.3) is 0 Å². The number of nitrogens with zero attached hydrogens (tertiary/aromatic N) is 1. The molecule has 1 amide bonds. The van der Waals surface area contributed by atoms with Crippen molar-refractivity contribution in [3.05, 3.63) is 54.1 Å². The van der Waals surface area contributed by atoms with Gasteiger partial charge in [0.05, 0.1) is 4.90 Å². The van der Waals surface area contributed by atoms with Crippen LogP contribution in [0.3, 0.4) is 0 Å². The minimum Gasteiger partial charge on any atom is -0.406 e. The lowest BCUT2D eigenvalue weighted by atomic mass is 9.97. The number of benzene rings is 2. The number of amides is 1. The molecule has 0 radical (unpaired) electrons. The Labute approximate surface area is 172 Å². The van der Waals surface area contributed by atoms with E-state index in [-0.39, 0.29) is 35.6 Å². The second-order valence-electron chi connectivity index (χ2n) is 7.01. The summed E-state index contributed by atoms with van der Waals surface area (Å²) in [4.78, 5) is 12.7. The molecule has 10 heteroatoms. The van der Waals surface area contributed by atoms with E-state index >= 15 is 0 Å². The molecule has 1 fully saturated rings. The molecule has 6 nitrogen and oxygen atoms in total. The van der Waals surface area contributed by atoms with Crippen molar-refractivity contribution in [1.29, 1.82) is 0 Å². The largest absolute Gasteiger partial charge is 0.573 e. The van der Waals surface area contributed by atoms with Gasteiger partial charge in [0.2, 0.25) is 15.9 Å². The fraction of sp³-hybridized carbons (Fsp3) is 0.350. The van der Waals surface area contributed by atoms with Crippen molar-refractivity contribution in [3.63, 3.8) is 0 Å². The molecule has 162 valence electrons. The third-order valence-corrected chi connectivity index (χ3v) is 6.95. The van der Waals surface area contributed by atoms with E-state index < -0.39 is 16.4 Å². The zero-order valence-electron chi connectivity index (χ0n) is 16.1. The van der Waals surface area contributed by atoms with E-state index in [1.807, 2.05) is 0 Å². The highest BCUT2D eigenvalue weighted by molar-refractivity contribution is 7.89. The van der Waals surface area contributed by atoms with Crippen LogP contribution in [0.4, 0.5) is 18.9 Å². The number of ether oxygens (including phenoxy) is 1. The van der Waals surface area contributed by atoms with E-state index in [2.05, 4.69) is 10.1 Å². The van der Waals surface area contributed by atoms with Gasteiger partial charge in [-0.25, -0.2) is 8.42 Å². The number of nitrogens with one attached hydrogen (secondary N) is 1. The predicted octanol–water partition coefficient (Wildman–Crippen LogP) is 3.93. The Morgan fingerprint density at radius 3 is 2.23 bits per heavy atom. The summed E-state index contributed by atoms with van der Waals surface area (Å²) in [5.74, 6) is -1.07. The number of hydrogen-bond donors (Lipinski definition) is 1. The summed E-state index contributed by atoms with van der Waals surface area (Å²) in [6, 6.07) is 11.6. The number of alkyl halides is 3. The molecule has 0 spiro atoms. The number of sulfonamides is 1. The smallest absolute Gasteiger partial charge is 0.406 e. The number of aryl methyl sites for hydroxylation is 1. The summed E-state index contributed by atoms with van der Waals surface area (Å²) >= 11 is 0. The fourth-order valence-corrected chi connectivity index (χ4v) is 5.02. The van der Waals surface area contributed by atoms with Gasteiger partial charge in [-0.05, 0) is 55.7 Å². The lowest BCUT2D eigenvalue weighted by molar-refractivity contribution is -0.274. The Hall–Kier alpha value is -2.59. The Bertz CT molecular complexity index is 999. The number of carbonyl (C=O) groups is 1. The highest BCUT2D eigenvalue weighted by Gasteiger charge is 2.33. The number of halogens is 3. The molecule has 0 bridgehead atoms. The Morgan fingerprint density at radius 2 is 1.67 bits per heavy atom. The molecule has 1 saturated heterocycles. The molecule has 0 aliphatic carbocycles. The Balaban J connectivity index is 1.57. The predicted molar refractivity (Wildman–Crippen MR) is 104 cm³/mol. The van der Waals surface area contributed by atoms with Crippen LogP contribution in [0.2, 0.25) is 0 Å². The highest BCUT2D eigenvalue weighted by Crippen LogP contribution is 2.27. The van der Waals surface area contributed by atoms with Gasteiger partial charge in [0.15, 0.2) is 0 Å². The normalized spacial score (nSPS) is 16.3. The number of anilines is 1. The molecule has 1 aliphatic rings. The van der Waals surface area contributed by atoms with Crippen molar-refractivity contribution in [2.24, 2.45) is 5.92 Å². The van der Waals surface area contributed by atoms with Gasteiger partial charge in [-0.2, -0.15) is 4.31 Å². The van der Waals surface area contributed by atoms with Crippen molar-refractivity contribution in [3.8, 4) is 5.75 Å². The third-order valence-electron chi connectivity index (χ3n) is 4.89. The molecule has 0 unspecified atom stereocenters. The second kappa shape index (κ2) is 8.65. The molecule has 0 saturated carbocycles. The topological polar surface area (TPSA) is 75.7 Å². The van der Waals surface area contributed by atoms with Crippen molar-refractivity contribution in [2.75, 3.05) is 18.4 Å². The van der Waals surface area contributed by atoms with Crippen LogP contribution < -0.4 is 10.1 Å². The maximum atomic E-state index is 12.8. The Morgan fingerprint density at radius 1 is 1.07 bits per heavy atom. The summed E-state index contributed by atoms with van der Waals surface area (Å²) in [7, 11) is -3.62. The number of carbonyl (C=O) groups excluding carboxylic acids is 1. The van der Waals surface area contributed by atoms with Crippen LogP contribution in [0.5, 0.6) is 5.75 Å². The van der Waals surface area contributed by atoms with Gasteiger partial charge in [-0.1, -0.05) is 18.2 Å². The monoisotopic (exact) mass is 442 g/mol. The summed E-state index contributed by atoms with van der Waals surface area (Å²) in [6.45, 7) is 2.17. The average Bonchev–Trinajstić information content (AvgIpc) is 2.68. The van der Waals surface area contributed by atoms with Crippen molar-refractivity contribution in [1.82, 2.24) is 4.31 Å². The molecular weight excluding hydrogens is 421 g/mol. The van der Waals surface area contributed by atoms with E-state index in [4.69, 9.17) is 0 Å². The Kier molecular flexibility index (Phi) is 6.37. The van der Waals surface area contributed by atoms with Gasteiger partial charge in [0, 0.05) is 24.7 Å². The van der Waals surface area contributed by atoms with Crippen molar-refractivity contribution >= 4 is 21.6 Å². The number of piperidine rings is 1. The summed E-state index contributed by atoms with van der Waals surface area (Å²) < 4.78 is 67.5. The van der Waals surface area contributed by atoms with Crippen LogP contribution in [-0.4, -0.2) is 38.1 Å². The van der Waals surface area contributed by atoms with Gasteiger partial charge in [-0.3, -0.25) is 4.79 Å². The zero-order chi connectivity index (χ0) is 21.9. The second-order valence-corrected chi connectivity index (χ2v) is 8.91. The lowest BCUT2D eigenvalue weighted by Gasteiger charge is -2.31. The standard InChI is InChI=1S/C20H21F3N2O4S/c1-14-4-2-3-5-18(14)30(27,28)25-12-10-15(11-13-25)19(26)24-16-6-8-17(9-7-16)29-20(21,22)23/h2-9,15H,10-13H2,1H3,(H,24,26). The molecule has 3 rings (SSSR count). The van der Waals surface area contributed by atoms with Gasteiger partial charge in [0.1, 0.15) is 5.75 Å². The molecule has 2 aromatic carbocycles. The van der Waals surface area contributed by atoms with Crippen LogP contribution in [0.1, 0.15) is 18.4 Å². The maximum Gasteiger partial charge on any atom is 0.573 e. The lowest BCUT2D eigenvalue weighted by Crippen LogP contribution is -2.41. The van der Waals surface area contributed by atoms with Crippen molar-refractivity contribution in [2.45, 2.75) is 31.0 Å². The minimum atomic E-state index is -4.78. The molecular formula is C20H21F3N2O4S. The van der Waals surface area contributed by atoms with Gasteiger partial charge in [-0.15, -0.1) is 13.2 Å². The van der Waals surface area contributed by atoms with E-state index in [9.17, 15) is 26.4 Å². The van der Waals surface area contributed by atoms with Crippen LogP contribution >= 0.6 is 0 Å². The van der Waals surface area contributed by atoms with Crippen LogP contribution in [0, 0.1) is 12.8 Å². The van der Waals surface area contributed by atoms with E-state index in [0.717, 1.165) is 12.1 Å². The van der Waals surface area contributed by atoms with Gasteiger partial charge < -0.3 is 10.1 Å². The zero-order valence-corrected chi connectivity index (χ0v) is 17.0. The first-order valence-electron chi connectivity index (χ1n) is 9.29. The molecule has 1 heterocycles. The quantitative estimate of drug-likeness (QED) is 0.761. The molecule has 30 heavy (non-hydrogen) atoms. The van der Waals surface area contributed by atoms with E-state index in [1.54, 1.807) is 31.2 Å². The molecule has 0 aromatic heterocycles. The summed E-state index contributed by atoms with van der Waals surface area (Å²) in [5, 5.41) is 2.65. The van der Waals surface area contributed by atoms with Crippen LogP contribution in [0.25, 0.3) is 0 Å². The van der Waals surface area contributed by atoms with Crippen molar-refractivity contribution < 1.29 is 31.1 Å². The average molecular weight is 442 g/mol.